The second-order valence-corrected chi connectivity index (χ2v) is 15.6. The Balaban J connectivity index is 1.01. The highest BCUT2D eigenvalue weighted by molar-refractivity contribution is 7.22. The molecule has 0 bridgehead atoms. The van der Waals surface area contributed by atoms with Gasteiger partial charge >= 0.3 is 17.9 Å². The molecule has 0 aliphatic heterocycles. The Labute approximate surface area is 344 Å². The Morgan fingerprint density at radius 3 is 2.12 bits per heavy atom. The van der Waals surface area contributed by atoms with Crippen LogP contribution in [0.25, 0.3) is 21.0 Å². The monoisotopic (exact) mass is 803 g/mol. The van der Waals surface area contributed by atoms with Crippen LogP contribution >= 0.6 is 11.3 Å². The summed E-state index contributed by atoms with van der Waals surface area (Å²) in [5, 5.41) is 9.72. The third kappa shape index (κ3) is 12.2. The molecule has 1 saturated carbocycles. The van der Waals surface area contributed by atoms with Gasteiger partial charge in [0.2, 0.25) is 5.13 Å². The molecule has 4 aromatic carbocycles. The number of fused-ring (bicyclic) bond motifs is 2. The first-order chi connectivity index (χ1) is 28.4. The van der Waals surface area contributed by atoms with Crippen LogP contribution in [0, 0.1) is 11.8 Å². The number of ether oxygens (including phenoxy) is 4. The zero-order chi connectivity index (χ0) is 40.5. The molecule has 0 unspecified atom stereocenters. The van der Waals surface area contributed by atoms with E-state index in [1.54, 1.807) is 41.8 Å². The lowest BCUT2D eigenvalue weighted by Gasteiger charge is -2.26. The van der Waals surface area contributed by atoms with Gasteiger partial charge in [-0.1, -0.05) is 80.5 Å². The van der Waals surface area contributed by atoms with Gasteiger partial charge in [0.1, 0.15) is 17.2 Å². The molecule has 1 fully saturated rings. The van der Waals surface area contributed by atoms with Crippen molar-refractivity contribution < 1.29 is 33.3 Å². The van der Waals surface area contributed by atoms with Crippen molar-refractivity contribution in [2.45, 2.75) is 84.0 Å². The molecule has 6 rings (SSSR count). The number of nitrogens with zero attached hydrogens (tertiary/aromatic N) is 3. The van der Waals surface area contributed by atoms with E-state index in [9.17, 15) is 14.4 Å². The van der Waals surface area contributed by atoms with Crippen LogP contribution in [-0.2, 0) is 19.1 Å². The van der Waals surface area contributed by atoms with E-state index in [2.05, 4.69) is 19.6 Å². The fourth-order valence-corrected chi connectivity index (χ4v) is 7.91. The molecule has 1 aliphatic rings. The van der Waals surface area contributed by atoms with Crippen LogP contribution < -0.4 is 19.2 Å². The summed E-state index contributed by atoms with van der Waals surface area (Å²) in [5.41, 5.74) is 1.66. The van der Waals surface area contributed by atoms with E-state index in [0.717, 1.165) is 77.6 Å². The van der Waals surface area contributed by atoms with Crippen LogP contribution in [0.15, 0.2) is 103 Å². The number of hydrogen-bond acceptors (Lipinski definition) is 11. The SMILES string of the molecule is C=CC(=O)OCCCCCCOc1ccc(OC(=O)C2CCC(C(=O)Oc3cc4ccccc4cc3/C=N/N(CCCCCC)c3nc4ccccc4s3)CC2)cc1. The fourth-order valence-electron chi connectivity index (χ4n) is 6.96. The lowest BCUT2D eigenvalue weighted by molar-refractivity contribution is -0.145. The van der Waals surface area contributed by atoms with E-state index in [0.29, 0.717) is 61.7 Å². The number of rotatable bonds is 21. The van der Waals surface area contributed by atoms with Gasteiger partial charge in [-0.15, -0.1) is 0 Å². The van der Waals surface area contributed by atoms with Crippen molar-refractivity contribution in [3.05, 3.63) is 103 Å². The number of carbonyl (C=O) groups excluding carboxylic acids is 3. The summed E-state index contributed by atoms with van der Waals surface area (Å²) in [5.74, 6) is 0.00535. The van der Waals surface area contributed by atoms with Crippen molar-refractivity contribution >= 4 is 61.6 Å². The maximum Gasteiger partial charge on any atom is 0.330 e. The molecular formula is C47H53N3O7S. The summed E-state index contributed by atoms with van der Waals surface area (Å²) in [6.07, 6.45) is 13.1. The number of benzene rings is 4. The van der Waals surface area contributed by atoms with E-state index in [1.807, 2.05) is 59.6 Å². The summed E-state index contributed by atoms with van der Waals surface area (Å²) in [4.78, 5) is 42.7. The molecule has 0 radical (unpaired) electrons. The minimum Gasteiger partial charge on any atom is -0.494 e. The molecule has 304 valence electrons. The van der Waals surface area contributed by atoms with Gasteiger partial charge in [-0.25, -0.2) is 14.8 Å². The van der Waals surface area contributed by atoms with Crippen molar-refractivity contribution in [3.8, 4) is 17.2 Å². The molecular weight excluding hydrogens is 751 g/mol. The average molecular weight is 804 g/mol. The number of anilines is 1. The third-order valence-corrected chi connectivity index (χ3v) is 11.4. The van der Waals surface area contributed by atoms with Crippen LogP contribution in [0.2, 0.25) is 0 Å². The summed E-state index contributed by atoms with van der Waals surface area (Å²) in [6, 6.07) is 27.1. The molecule has 1 heterocycles. The number of para-hydroxylation sites is 1. The Kier molecular flexibility index (Phi) is 15.8. The fraction of sp³-hybridized carbons (Fsp3) is 0.383. The van der Waals surface area contributed by atoms with Crippen molar-refractivity contribution in [3.63, 3.8) is 0 Å². The Hall–Kier alpha value is -5.55. The third-order valence-electron chi connectivity index (χ3n) is 10.3. The standard InChI is InChI=1S/C47H53N3O7S/c1-3-5-6-13-28-50(47-49-41-18-11-12-19-43(41)58-47)48-33-38-31-36-16-9-10-17-37(36)32-42(38)57-46(53)35-22-20-34(21-23-35)45(52)56-40-26-24-39(25-27-40)54-29-14-7-8-15-30-55-44(51)4-2/h4,9-12,16-19,24-27,31-35H,2-3,5-8,13-15,20-23,28-30H2,1H3/b48-33+. The number of hydrogen-bond donors (Lipinski definition) is 0. The van der Waals surface area contributed by atoms with Crippen molar-refractivity contribution in [2.24, 2.45) is 16.9 Å². The van der Waals surface area contributed by atoms with E-state index in [-0.39, 0.29) is 23.8 Å². The van der Waals surface area contributed by atoms with Gasteiger partial charge in [0.25, 0.3) is 0 Å². The average Bonchev–Trinajstić information content (AvgIpc) is 3.69. The quantitative estimate of drug-likeness (QED) is 0.0178. The topological polar surface area (TPSA) is 117 Å². The smallest absolute Gasteiger partial charge is 0.330 e. The zero-order valence-electron chi connectivity index (χ0n) is 33.3. The number of carbonyl (C=O) groups is 3. The van der Waals surface area contributed by atoms with Gasteiger partial charge < -0.3 is 18.9 Å². The number of thiazole rings is 1. The number of hydrazone groups is 1. The largest absolute Gasteiger partial charge is 0.494 e. The lowest BCUT2D eigenvalue weighted by Crippen LogP contribution is -2.30. The first-order valence-corrected chi connectivity index (χ1v) is 21.4. The summed E-state index contributed by atoms with van der Waals surface area (Å²) < 4.78 is 23.8. The molecule has 0 N–H and O–H groups in total. The predicted molar refractivity (Wildman–Crippen MR) is 231 cm³/mol. The Morgan fingerprint density at radius 1 is 0.776 bits per heavy atom. The molecule has 0 saturated heterocycles. The molecule has 0 atom stereocenters. The summed E-state index contributed by atoms with van der Waals surface area (Å²) >= 11 is 1.62. The first-order valence-electron chi connectivity index (χ1n) is 20.6. The second kappa shape index (κ2) is 21.8. The van der Waals surface area contributed by atoms with Crippen LogP contribution in [-0.4, -0.2) is 48.9 Å². The first kappa shape index (κ1) is 42.1. The van der Waals surface area contributed by atoms with Gasteiger partial charge in [-0.3, -0.25) is 9.59 Å². The van der Waals surface area contributed by atoms with Crippen molar-refractivity contribution in [1.82, 2.24) is 4.98 Å². The van der Waals surface area contributed by atoms with Crippen LogP contribution in [0.4, 0.5) is 5.13 Å². The highest BCUT2D eigenvalue weighted by atomic mass is 32.1. The number of esters is 3. The Bertz CT molecular complexity index is 2120. The molecule has 58 heavy (non-hydrogen) atoms. The predicted octanol–water partition coefficient (Wildman–Crippen LogP) is 10.9. The van der Waals surface area contributed by atoms with Crippen LogP contribution in [0.1, 0.15) is 89.5 Å². The van der Waals surface area contributed by atoms with Gasteiger partial charge in [0.05, 0.1) is 41.5 Å². The van der Waals surface area contributed by atoms with Crippen LogP contribution in [0.3, 0.4) is 0 Å². The number of aromatic nitrogens is 1. The van der Waals surface area contributed by atoms with Gasteiger partial charge in [0.15, 0.2) is 0 Å². The minimum atomic E-state index is -0.394. The Morgan fingerprint density at radius 2 is 1.41 bits per heavy atom. The van der Waals surface area contributed by atoms with Gasteiger partial charge in [-0.2, -0.15) is 5.10 Å². The normalized spacial score (nSPS) is 15.3. The van der Waals surface area contributed by atoms with Gasteiger partial charge in [-0.05, 0) is 117 Å². The molecule has 0 spiro atoms. The van der Waals surface area contributed by atoms with E-state index >= 15 is 0 Å². The lowest BCUT2D eigenvalue weighted by atomic mass is 9.82. The van der Waals surface area contributed by atoms with Crippen molar-refractivity contribution in [1.29, 1.82) is 0 Å². The molecule has 5 aromatic rings. The highest BCUT2D eigenvalue weighted by Gasteiger charge is 2.32. The maximum atomic E-state index is 13.7. The molecule has 10 nitrogen and oxygen atoms in total. The highest BCUT2D eigenvalue weighted by Crippen LogP contribution is 2.34. The van der Waals surface area contributed by atoms with E-state index < -0.39 is 5.97 Å². The van der Waals surface area contributed by atoms with Crippen LogP contribution in [0.5, 0.6) is 17.2 Å². The minimum absolute atomic E-state index is 0.292. The van der Waals surface area contributed by atoms with Gasteiger partial charge in [0, 0.05) is 18.2 Å². The number of unbranched alkanes of at least 4 members (excludes halogenated alkanes) is 6. The summed E-state index contributed by atoms with van der Waals surface area (Å²) in [6.45, 7) is 7.28. The second-order valence-electron chi connectivity index (χ2n) is 14.6. The van der Waals surface area contributed by atoms with E-state index in [1.165, 1.54) is 12.5 Å². The molecule has 1 aliphatic carbocycles. The summed E-state index contributed by atoms with van der Waals surface area (Å²) in [7, 11) is 0. The van der Waals surface area contributed by atoms with E-state index in [4.69, 9.17) is 29.0 Å². The maximum absolute atomic E-state index is 13.7. The molecule has 11 heteroatoms. The van der Waals surface area contributed by atoms with Crippen molar-refractivity contribution in [2.75, 3.05) is 24.8 Å². The molecule has 1 aromatic heterocycles. The zero-order valence-corrected chi connectivity index (χ0v) is 34.1. The molecule has 0 amide bonds.